The highest BCUT2D eigenvalue weighted by atomic mass is 19.1. The lowest BCUT2D eigenvalue weighted by Crippen LogP contribution is -2.47. The van der Waals surface area contributed by atoms with Gasteiger partial charge in [0.25, 0.3) is 0 Å². The van der Waals surface area contributed by atoms with E-state index in [2.05, 4.69) is 44.2 Å². The van der Waals surface area contributed by atoms with Crippen molar-refractivity contribution >= 4 is 22.5 Å². The zero-order chi connectivity index (χ0) is 28.0. The molecule has 1 aliphatic carbocycles. The summed E-state index contributed by atoms with van der Waals surface area (Å²) in [6.07, 6.45) is 7.34. The Morgan fingerprint density at radius 1 is 1.05 bits per heavy atom. The van der Waals surface area contributed by atoms with Crippen LogP contribution in [-0.4, -0.2) is 61.8 Å². The van der Waals surface area contributed by atoms with Crippen LogP contribution in [0.1, 0.15) is 72.7 Å². The molecule has 1 saturated carbocycles. The summed E-state index contributed by atoms with van der Waals surface area (Å²) in [6.45, 7) is 5.42. The molecule has 4 aliphatic rings. The molecule has 4 aromatic rings. The van der Waals surface area contributed by atoms with E-state index in [9.17, 15) is 0 Å². The number of aryl methyl sites for hydroxylation is 3. The minimum atomic E-state index is -0.156. The van der Waals surface area contributed by atoms with Crippen LogP contribution in [0.4, 0.5) is 16.0 Å². The average Bonchev–Trinajstić information content (AvgIpc) is 3.62. The Hall–Kier alpha value is -3.53. The number of rotatable bonds is 5. The van der Waals surface area contributed by atoms with Crippen LogP contribution in [0.3, 0.4) is 0 Å². The lowest BCUT2D eigenvalue weighted by atomic mass is 9.96. The second-order valence-electron chi connectivity index (χ2n) is 12.5. The predicted octanol–water partition coefficient (Wildman–Crippen LogP) is 5.10. The number of benzene rings is 1. The molecule has 9 nitrogen and oxygen atoms in total. The van der Waals surface area contributed by atoms with E-state index in [1.165, 1.54) is 0 Å². The molecule has 0 radical (unpaired) electrons. The first-order valence-electron chi connectivity index (χ1n) is 15.0. The molecule has 8 rings (SSSR count). The molecule has 0 unspecified atom stereocenters. The van der Waals surface area contributed by atoms with Crippen molar-refractivity contribution in [2.24, 2.45) is 7.05 Å². The molecule has 2 bridgehead atoms. The number of hydrogen-bond donors (Lipinski definition) is 1. The van der Waals surface area contributed by atoms with Gasteiger partial charge in [-0.1, -0.05) is 6.07 Å². The minimum absolute atomic E-state index is 0.156. The average molecular weight is 557 g/mol. The van der Waals surface area contributed by atoms with Crippen LogP contribution >= 0.6 is 0 Å². The van der Waals surface area contributed by atoms with Gasteiger partial charge in [-0.15, -0.1) is 0 Å². The van der Waals surface area contributed by atoms with E-state index in [4.69, 9.17) is 14.7 Å². The number of nitrogens with zero attached hydrogens (tertiary/aromatic N) is 7. The molecule has 2 saturated heterocycles. The Morgan fingerprint density at radius 3 is 2.56 bits per heavy atom. The highest BCUT2D eigenvalue weighted by Gasteiger charge is 2.44. The molecule has 3 aliphatic heterocycles. The fourth-order valence-corrected chi connectivity index (χ4v) is 7.70. The van der Waals surface area contributed by atoms with Gasteiger partial charge in [0, 0.05) is 68.2 Å². The highest BCUT2D eigenvalue weighted by Crippen LogP contribution is 2.45. The molecule has 1 aromatic carbocycles. The number of aromatic nitrogens is 6. The van der Waals surface area contributed by atoms with E-state index in [0.717, 1.165) is 95.6 Å². The number of hydrogen-bond acceptors (Lipinski definition) is 7. The maximum Gasteiger partial charge on any atom is 0.188 e. The molecule has 3 fully saturated rings. The van der Waals surface area contributed by atoms with Gasteiger partial charge in [0.1, 0.15) is 11.5 Å². The van der Waals surface area contributed by atoms with Gasteiger partial charge in [-0.3, -0.25) is 5.10 Å². The molecule has 0 spiro atoms. The number of aromatic amines is 1. The zero-order valence-electron chi connectivity index (χ0n) is 24.2. The van der Waals surface area contributed by atoms with Crippen LogP contribution < -0.4 is 9.80 Å². The first kappa shape index (κ1) is 25.2. The van der Waals surface area contributed by atoms with Crippen molar-refractivity contribution in [2.75, 3.05) is 23.5 Å². The highest BCUT2D eigenvalue weighted by molar-refractivity contribution is 5.96. The van der Waals surface area contributed by atoms with Gasteiger partial charge < -0.3 is 14.5 Å². The fourth-order valence-electron chi connectivity index (χ4n) is 7.70. The smallest absolute Gasteiger partial charge is 0.188 e. The monoisotopic (exact) mass is 556 g/mol. The van der Waals surface area contributed by atoms with Gasteiger partial charge in [0.2, 0.25) is 0 Å². The third-order valence-electron chi connectivity index (χ3n) is 9.90. The normalized spacial score (nSPS) is 24.0. The van der Waals surface area contributed by atoms with E-state index in [1.807, 2.05) is 21.1 Å². The minimum Gasteiger partial charge on any atom is -0.381 e. The number of piperidine rings is 1. The summed E-state index contributed by atoms with van der Waals surface area (Å²) in [5.74, 6) is 2.47. The molecule has 0 amide bonds. The summed E-state index contributed by atoms with van der Waals surface area (Å²) in [6, 6.07) is 4.96. The summed E-state index contributed by atoms with van der Waals surface area (Å²) in [4.78, 5) is 15.4. The maximum absolute atomic E-state index is 15.7. The van der Waals surface area contributed by atoms with E-state index < -0.39 is 0 Å². The standard InChI is InChI=1S/C31H37FN8O/c1-16-5-10-24-26(17(2)35-36-24)25(16)29-33-23-11-12-39(31-27(32)28(18-6-7-18)37-38(31)3)15-22(23)30(34-29)40-19-8-9-20(40)14-21(13-19)41-4/h5,10,18-21H,6-9,11-15H2,1-4H3,(H,35,36)/t19-,20+,21+. The lowest BCUT2D eigenvalue weighted by molar-refractivity contribution is 0.0681. The molecule has 6 heterocycles. The molecule has 3 atom stereocenters. The van der Waals surface area contributed by atoms with Crippen molar-refractivity contribution in [3.05, 3.63) is 46.2 Å². The number of methoxy groups -OCH3 is 1. The molecule has 41 heavy (non-hydrogen) atoms. The summed E-state index contributed by atoms with van der Waals surface area (Å²) in [7, 11) is 3.70. The van der Waals surface area contributed by atoms with Crippen molar-refractivity contribution < 1.29 is 9.13 Å². The van der Waals surface area contributed by atoms with Crippen molar-refractivity contribution in [1.82, 2.24) is 29.9 Å². The number of halogens is 1. The van der Waals surface area contributed by atoms with E-state index in [1.54, 1.807) is 4.68 Å². The molecule has 214 valence electrons. The summed E-state index contributed by atoms with van der Waals surface area (Å²) in [5, 5.41) is 13.3. The van der Waals surface area contributed by atoms with Crippen LogP contribution in [0.25, 0.3) is 22.3 Å². The summed E-state index contributed by atoms with van der Waals surface area (Å²) in [5.41, 5.74) is 6.94. The number of H-pyrrole nitrogens is 1. The van der Waals surface area contributed by atoms with E-state index in [-0.39, 0.29) is 17.8 Å². The third kappa shape index (κ3) is 3.90. The fraction of sp³-hybridized carbons (Fsp3) is 0.548. The Bertz CT molecular complexity index is 1660. The van der Waals surface area contributed by atoms with Crippen molar-refractivity contribution in [3.63, 3.8) is 0 Å². The van der Waals surface area contributed by atoms with Crippen molar-refractivity contribution in [3.8, 4) is 11.4 Å². The number of ether oxygens (including phenoxy) is 1. The van der Waals surface area contributed by atoms with Crippen LogP contribution in [0, 0.1) is 19.7 Å². The van der Waals surface area contributed by atoms with Gasteiger partial charge in [-0.2, -0.15) is 10.2 Å². The van der Waals surface area contributed by atoms with Crippen molar-refractivity contribution in [1.29, 1.82) is 0 Å². The van der Waals surface area contributed by atoms with Gasteiger partial charge in [0.15, 0.2) is 17.5 Å². The molecule has 1 N–H and O–H groups in total. The Morgan fingerprint density at radius 2 is 1.83 bits per heavy atom. The molecular weight excluding hydrogens is 519 g/mol. The van der Waals surface area contributed by atoms with Gasteiger partial charge in [0.05, 0.1) is 23.0 Å². The maximum atomic E-state index is 15.7. The van der Waals surface area contributed by atoms with Gasteiger partial charge in [-0.25, -0.2) is 19.0 Å². The van der Waals surface area contributed by atoms with Crippen LogP contribution in [-0.2, 0) is 24.8 Å². The number of anilines is 2. The van der Waals surface area contributed by atoms with E-state index >= 15 is 4.39 Å². The summed E-state index contributed by atoms with van der Waals surface area (Å²) < 4.78 is 23.3. The quantitative estimate of drug-likeness (QED) is 0.366. The number of nitrogens with one attached hydrogen (secondary N) is 1. The van der Waals surface area contributed by atoms with Crippen LogP contribution in [0.15, 0.2) is 12.1 Å². The largest absolute Gasteiger partial charge is 0.381 e. The Balaban J connectivity index is 1.27. The SMILES string of the molecule is CO[C@H]1C[C@H]2CC[C@@H](C1)N2c1nc(-c2c(C)ccc3[nH]nc(C)c23)nc2c1CN(c1c(F)c(C3CC3)nn1C)CC2. The van der Waals surface area contributed by atoms with Gasteiger partial charge >= 0.3 is 0 Å². The Kier molecular flexibility index (Phi) is 5.68. The second kappa shape index (κ2) is 9.24. The lowest BCUT2D eigenvalue weighted by Gasteiger charge is -2.41. The van der Waals surface area contributed by atoms with Crippen molar-refractivity contribution in [2.45, 2.75) is 89.4 Å². The first-order valence-corrected chi connectivity index (χ1v) is 15.0. The van der Waals surface area contributed by atoms with Gasteiger partial charge in [-0.05, 0) is 64.0 Å². The summed E-state index contributed by atoms with van der Waals surface area (Å²) >= 11 is 0. The molecule has 10 heteroatoms. The van der Waals surface area contributed by atoms with Crippen LogP contribution in [0.5, 0.6) is 0 Å². The first-order chi connectivity index (χ1) is 19.9. The van der Waals surface area contributed by atoms with E-state index in [0.29, 0.717) is 36.7 Å². The topological polar surface area (TPSA) is 88.0 Å². The number of fused-ring (bicyclic) bond motifs is 4. The predicted molar refractivity (Wildman–Crippen MR) is 156 cm³/mol. The second-order valence-corrected chi connectivity index (χ2v) is 12.5. The third-order valence-corrected chi connectivity index (χ3v) is 9.90. The molecular formula is C31H37FN8O. The van der Waals surface area contributed by atoms with Crippen LogP contribution in [0.2, 0.25) is 0 Å². The Labute approximate surface area is 239 Å². The zero-order valence-corrected chi connectivity index (χ0v) is 24.2. The molecule has 3 aromatic heterocycles.